The molecule has 0 saturated carbocycles. The highest BCUT2D eigenvalue weighted by Crippen LogP contribution is 2.24. The standard InChI is InChI=1S/C8H18O.C2H6/c1-5-8(3,6-2)7-9-4;1-2/h5-7H2,1-4H3;1-2H3. The Labute approximate surface area is 72.1 Å². The lowest BCUT2D eigenvalue weighted by atomic mass is 9.86. The Morgan fingerprint density at radius 3 is 1.55 bits per heavy atom. The minimum atomic E-state index is 0.411. The summed E-state index contributed by atoms with van der Waals surface area (Å²) in [5, 5.41) is 0. The van der Waals surface area contributed by atoms with Crippen LogP contribution in [0.15, 0.2) is 0 Å². The molecule has 1 heteroatoms. The van der Waals surface area contributed by atoms with Gasteiger partial charge >= 0.3 is 0 Å². The zero-order valence-corrected chi connectivity index (χ0v) is 9.03. The Balaban J connectivity index is 0. The van der Waals surface area contributed by atoms with E-state index in [0.29, 0.717) is 5.41 Å². The van der Waals surface area contributed by atoms with E-state index in [1.807, 2.05) is 13.8 Å². The minimum Gasteiger partial charge on any atom is -0.384 e. The van der Waals surface area contributed by atoms with Crippen molar-refractivity contribution in [3.63, 3.8) is 0 Å². The summed E-state index contributed by atoms with van der Waals surface area (Å²) in [5.41, 5.74) is 0.411. The fourth-order valence-corrected chi connectivity index (χ4v) is 0.803. The van der Waals surface area contributed by atoms with Gasteiger partial charge in [0.15, 0.2) is 0 Å². The number of rotatable bonds is 4. The van der Waals surface area contributed by atoms with Gasteiger partial charge in [-0.3, -0.25) is 0 Å². The van der Waals surface area contributed by atoms with E-state index in [9.17, 15) is 0 Å². The van der Waals surface area contributed by atoms with Crippen LogP contribution in [-0.4, -0.2) is 13.7 Å². The lowest BCUT2D eigenvalue weighted by Gasteiger charge is -2.24. The molecule has 0 spiro atoms. The summed E-state index contributed by atoms with van der Waals surface area (Å²) < 4.78 is 5.09. The molecule has 70 valence electrons. The summed E-state index contributed by atoms with van der Waals surface area (Å²) in [5.74, 6) is 0. The van der Waals surface area contributed by atoms with Gasteiger partial charge in [0.05, 0.1) is 6.61 Å². The molecule has 0 radical (unpaired) electrons. The van der Waals surface area contributed by atoms with Crippen molar-refractivity contribution in [2.24, 2.45) is 5.41 Å². The van der Waals surface area contributed by atoms with Crippen LogP contribution in [0.25, 0.3) is 0 Å². The van der Waals surface area contributed by atoms with Crippen LogP contribution in [-0.2, 0) is 4.74 Å². The van der Waals surface area contributed by atoms with Crippen LogP contribution in [0.1, 0.15) is 47.5 Å². The van der Waals surface area contributed by atoms with Crippen LogP contribution < -0.4 is 0 Å². The lowest BCUT2D eigenvalue weighted by molar-refractivity contribution is 0.0860. The van der Waals surface area contributed by atoms with Gasteiger partial charge in [-0.2, -0.15) is 0 Å². The normalized spacial score (nSPS) is 10.4. The van der Waals surface area contributed by atoms with Gasteiger partial charge in [0, 0.05) is 7.11 Å². The summed E-state index contributed by atoms with van der Waals surface area (Å²) in [6.07, 6.45) is 2.41. The molecular weight excluding hydrogens is 136 g/mol. The van der Waals surface area contributed by atoms with E-state index in [1.54, 1.807) is 7.11 Å². The van der Waals surface area contributed by atoms with Gasteiger partial charge in [-0.15, -0.1) is 0 Å². The van der Waals surface area contributed by atoms with Crippen LogP contribution >= 0.6 is 0 Å². The highest BCUT2D eigenvalue weighted by atomic mass is 16.5. The molecule has 0 aliphatic heterocycles. The third kappa shape index (κ3) is 6.36. The second-order valence-electron chi connectivity index (χ2n) is 2.95. The Kier molecular flexibility index (Phi) is 9.92. The number of hydrogen-bond acceptors (Lipinski definition) is 1. The van der Waals surface area contributed by atoms with Crippen LogP contribution in [0, 0.1) is 5.41 Å². The smallest absolute Gasteiger partial charge is 0.0515 e. The molecule has 0 bridgehead atoms. The van der Waals surface area contributed by atoms with Crippen molar-refractivity contribution >= 4 is 0 Å². The fraction of sp³-hybridized carbons (Fsp3) is 1.00. The molecule has 0 amide bonds. The van der Waals surface area contributed by atoms with Crippen molar-refractivity contribution in [1.82, 2.24) is 0 Å². The Bertz CT molecular complexity index is 65.3. The number of ether oxygens (including phenoxy) is 1. The Morgan fingerprint density at radius 2 is 1.45 bits per heavy atom. The molecule has 0 aromatic carbocycles. The summed E-state index contributed by atoms with van der Waals surface area (Å²) in [4.78, 5) is 0. The number of hydrogen-bond donors (Lipinski definition) is 0. The molecule has 0 unspecified atom stereocenters. The van der Waals surface area contributed by atoms with E-state index >= 15 is 0 Å². The van der Waals surface area contributed by atoms with Crippen LogP contribution in [0.5, 0.6) is 0 Å². The molecule has 1 nitrogen and oxygen atoms in total. The molecule has 11 heavy (non-hydrogen) atoms. The topological polar surface area (TPSA) is 9.23 Å². The van der Waals surface area contributed by atoms with E-state index in [0.717, 1.165) is 6.61 Å². The molecule has 0 aliphatic carbocycles. The van der Waals surface area contributed by atoms with Crippen molar-refractivity contribution in [2.45, 2.75) is 47.5 Å². The molecular formula is C10H24O. The predicted octanol–water partition coefficient (Wildman–Crippen LogP) is 3.49. The third-order valence-electron chi connectivity index (χ3n) is 2.20. The van der Waals surface area contributed by atoms with Crippen LogP contribution in [0.2, 0.25) is 0 Å². The quantitative estimate of drug-likeness (QED) is 0.611. The highest BCUT2D eigenvalue weighted by Gasteiger charge is 2.18. The molecule has 0 atom stereocenters. The molecule has 0 aliphatic rings. The van der Waals surface area contributed by atoms with Gasteiger partial charge in [-0.05, 0) is 18.3 Å². The average Bonchev–Trinajstić information content (AvgIpc) is 2.08. The highest BCUT2D eigenvalue weighted by molar-refractivity contribution is 4.68. The van der Waals surface area contributed by atoms with Gasteiger partial charge in [0.1, 0.15) is 0 Å². The number of methoxy groups -OCH3 is 1. The summed E-state index contributed by atoms with van der Waals surface area (Å²) in [6.45, 7) is 11.6. The summed E-state index contributed by atoms with van der Waals surface area (Å²) in [7, 11) is 1.77. The van der Waals surface area contributed by atoms with Gasteiger partial charge < -0.3 is 4.74 Å². The van der Waals surface area contributed by atoms with E-state index in [1.165, 1.54) is 12.8 Å². The zero-order valence-electron chi connectivity index (χ0n) is 9.03. The van der Waals surface area contributed by atoms with Gasteiger partial charge in [-0.25, -0.2) is 0 Å². The average molecular weight is 160 g/mol. The Morgan fingerprint density at radius 1 is 1.09 bits per heavy atom. The van der Waals surface area contributed by atoms with E-state index < -0.39 is 0 Å². The molecule has 0 N–H and O–H groups in total. The van der Waals surface area contributed by atoms with Gasteiger partial charge in [-0.1, -0.05) is 34.6 Å². The molecule has 0 heterocycles. The second-order valence-corrected chi connectivity index (χ2v) is 2.95. The summed E-state index contributed by atoms with van der Waals surface area (Å²) >= 11 is 0. The largest absolute Gasteiger partial charge is 0.384 e. The monoisotopic (exact) mass is 160 g/mol. The van der Waals surface area contributed by atoms with Crippen molar-refractivity contribution in [3.8, 4) is 0 Å². The Hall–Kier alpha value is -0.0400. The molecule has 0 aromatic heterocycles. The SMILES string of the molecule is CC.CCC(C)(CC)COC. The maximum Gasteiger partial charge on any atom is 0.0515 e. The van der Waals surface area contributed by atoms with Crippen molar-refractivity contribution in [2.75, 3.05) is 13.7 Å². The van der Waals surface area contributed by atoms with Crippen molar-refractivity contribution in [3.05, 3.63) is 0 Å². The van der Waals surface area contributed by atoms with Crippen molar-refractivity contribution in [1.29, 1.82) is 0 Å². The van der Waals surface area contributed by atoms with E-state index in [4.69, 9.17) is 4.74 Å². The third-order valence-corrected chi connectivity index (χ3v) is 2.20. The predicted molar refractivity (Wildman–Crippen MR) is 51.9 cm³/mol. The summed E-state index contributed by atoms with van der Waals surface area (Å²) in [6, 6.07) is 0. The van der Waals surface area contributed by atoms with Crippen LogP contribution in [0.4, 0.5) is 0 Å². The maximum absolute atomic E-state index is 5.09. The van der Waals surface area contributed by atoms with E-state index in [-0.39, 0.29) is 0 Å². The first-order chi connectivity index (χ1) is 5.18. The second kappa shape index (κ2) is 8.06. The van der Waals surface area contributed by atoms with Crippen molar-refractivity contribution < 1.29 is 4.74 Å². The first-order valence-corrected chi connectivity index (χ1v) is 4.67. The zero-order chi connectivity index (χ0) is 9.33. The molecule has 0 saturated heterocycles. The first-order valence-electron chi connectivity index (χ1n) is 4.67. The fourth-order valence-electron chi connectivity index (χ4n) is 0.803. The van der Waals surface area contributed by atoms with E-state index in [2.05, 4.69) is 20.8 Å². The minimum absolute atomic E-state index is 0.411. The van der Waals surface area contributed by atoms with Gasteiger partial charge in [0.2, 0.25) is 0 Å². The molecule has 0 aromatic rings. The maximum atomic E-state index is 5.09. The van der Waals surface area contributed by atoms with Gasteiger partial charge in [0.25, 0.3) is 0 Å². The molecule has 0 rings (SSSR count). The van der Waals surface area contributed by atoms with Crippen LogP contribution in [0.3, 0.4) is 0 Å². The molecule has 0 fully saturated rings. The lowest BCUT2D eigenvalue weighted by Crippen LogP contribution is -2.20. The first kappa shape index (κ1) is 13.5.